The molecule has 1 aliphatic rings. The molecule has 1 fully saturated rings. The number of nitrogens with zero attached hydrogens (tertiary/aromatic N) is 4. The van der Waals surface area contributed by atoms with Crippen LogP contribution in [0.1, 0.15) is 42.2 Å². The Morgan fingerprint density at radius 1 is 1.21 bits per heavy atom. The van der Waals surface area contributed by atoms with Crippen molar-refractivity contribution in [3.8, 4) is 0 Å². The number of hydrogen-bond acceptors (Lipinski definition) is 4. The maximum absolute atomic E-state index is 12.7. The molecule has 0 radical (unpaired) electrons. The molecule has 0 bridgehead atoms. The summed E-state index contributed by atoms with van der Waals surface area (Å²) in [5.41, 5.74) is 2.71. The molecule has 0 atom stereocenters. The number of hydrogen-bond donors (Lipinski definition) is 0. The van der Waals surface area contributed by atoms with Gasteiger partial charge in [-0.1, -0.05) is 12.1 Å². The fourth-order valence-corrected chi connectivity index (χ4v) is 3.09. The number of piperidine rings is 1. The van der Waals surface area contributed by atoms with E-state index in [1.807, 2.05) is 21.9 Å². The van der Waals surface area contributed by atoms with Gasteiger partial charge in [0.2, 0.25) is 5.95 Å². The van der Waals surface area contributed by atoms with E-state index in [-0.39, 0.29) is 5.91 Å². The van der Waals surface area contributed by atoms with Crippen LogP contribution < -0.4 is 4.90 Å². The Morgan fingerprint density at radius 2 is 2.00 bits per heavy atom. The predicted molar refractivity (Wildman–Crippen MR) is 95.6 cm³/mol. The normalized spacial score (nSPS) is 14.5. The van der Waals surface area contributed by atoms with E-state index in [0.29, 0.717) is 11.6 Å². The smallest absolute Gasteiger partial charge is 0.272 e. The summed E-state index contributed by atoms with van der Waals surface area (Å²) in [5.74, 6) is 0.588. The molecule has 0 unspecified atom stereocenters. The Kier molecular flexibility index (Phi) is 5.08. The molecule has 1 saturated heterocycles. The number of aryl methyl sites for hydroxylation is 1. The van der Waals surface area contributed by atoms with E-state index in [1.165, 1.54) is 12.0 Å². The van der Waals surface area contributed by atoms with Gasteiger partial charge < -0.3 is 9.80 Å². The molecule has 0 N–H and O–H groups in total. The third-order valence-corrected chi connectivity index (χ3v) is 4.38. The minimum atomic E-state index is 0.0126. The summed E-state index contributed by atoms with van der Waals surface area (Å²) in [6, 6.07) is 9.94. The zero-order valence-corrected chi connectivity index (χ0v) is 14.4. The lowest BCUT2D eigenvalue weighted by Crippen LogP contribution is -2.36. The van der Waals surface area contributed by atoms with Crippen LogP contribution in [-0.4, -0.2) is 40.4 Å². The van der Waals surface area contributed by atoms with Crippen molar-refractivity contribution in [1.29, 1.82) is 0 Å². The van der Waals surface area contributed by atoms with Crippen LogP contribution in [0.15, 0.2) is 36.5 Å². The summed E-state index contributed by atoms with van der Waals surface area (Å²) >= 11 is 0. The first-order valence-electron chi connectivity index (χ1n) is 8.65. The number of likely N-dealkylation sites (tertiary alicyclic amines) is 1. The first-order valence-corrected chi connectivity index (χ1v) is 8.65. The molecule has 5 heteroatoms. The fraction of sp³-hybridized carbons (Fsp3) is 0.421. The van der Waals surface area contributed by atoms with Crippen molar-refractivity contribution in [2.75, 3.05) is 24.5 Å². The van der Waals surface area contributed by atoms with E-state index in [2.05, 4.69) is 35.9 Å². The Bertz CT molecular complexity index is 710. The van der Waals surface area contributed by atoms with E-state index in [4.69, 9.17) is 0 Å². The summed E-state index contributed by atoms with van der Waals surface area (Å²) in [6.07, 6.45) is 5.04. The van der Waals surface area contributed by atoms with E-state index >= 15 is 0 Å². The first kappa shape index (κ1) is 16.4. The molecule has 2 heterocycles. The molecule has 1 amide bonds. The van der Waals surface area contributed by atoms with E-state index in [9.17, 15) is 4.79 Å². The molecule has 1 aromatic carbocycles. The average molecular weight is 324 g/mol. The Hall–Kier alpha value is -2.43. The highest BCUT2D eigenvalue weighted by atomic mass is 16.2. The van der Waals surface area contributed by atoms with Crippen molar-refractivity contribution in [2.45, 2.75) is 33.1 Å². The molecule has 3 rings (SSSR count). The van der Waals surface area contributed by atoms with Crippen molar-refractivity contribution in [2.24, 2.45) is 0 Å². The number of rotatable bonds is 4. The van der Waals surface area contributed by atoms with Gasteiger partial charge in [0, 0.05) is 31.5 Å². The third kappa shape index (κ3) is 3.55. The van der Waals surface area contributed by atoms with Gasteiger partial charge in [-0.3, -0.25) is 4.79 Å². The van der Waals surface area contributed by atoms with E-state index < -0.39 is 0 Å². The SMILES string of the molecule is CCN(c1cccc(C)c1)c1nccc(C(=O)N2CCCCC2)n1. The zero-order chi connectivity index (χ0) is 16.9. The van der Waals surface area contributed by atoms with E-state index in [1.54, 1.807) is 12.3 Å². The summed E-state index contributed by atoms with van der Waals surface area (Å²) in [7, 11) is 0. The van der Waals surface area contributed by atoms with Gasteiger partial charge in [-0.2, -0.15) is 0 Å². The van der Waals surface area contributed by atoms with E-state index in [0.717, 1.165) is 38.2 Å². The fourth-order valence-electron chi connectivity index (χ4n) is 3.09. The van der Waals surface area contributed by atoms with Gasteiger partial charge in [-0.25, -0.2) is 9.97 Å². The highest BCUT2D eigenvalue weighted by Crippen LogP contribution is 2.23. The van der Waals surface area contributed by atoms with Crippen LogP contribution in [0, 0.1) is 6.92 Å². The Balaban J connectivity index is 1.87. The van der Waals surface area contributed by atoms with Gasteiger partial charge in [0.05, 0.1) is 0 Å². The van der Waals surface area contributed by atoms with Crippen molar-refractivity contribution >= 4 is 17.5 Å². The van der Waals surface area contributed by atoms with Crippen LogP contribution in [-0.2, 0) is 0 Å². The van der Waals surface area contributed by atoms with Crippen LogP contribution in [0.3, 0.4) is 0 Å². The lowest BCUT2D eigenvalue weighted by Gasteiger charge is -2.27. The molecule has 126 valence electrons. The Labute approximate surface area is 143 Å². The monoisotopic (exact) mass is 324 g/mol. The highest BCUT2D eigenvalue weighted by molar-refractivity contribution is 5.92. The molecule has 2 aromatic rings. The van der Waals surface area contributed by atoms with Crippen molar-refractivity contribution < 1.29 is 4.79 Å². The van der Waals surface area contributed by atoms with Gasteiger partial charge in [0.15, 0.2) is 0 Å². The largest absolute Gasteiger partial charge is 0.337 e. The quantitative estimate of drug-likeness (QED) is 0.863. The number of amides is 1. The molecule has 1 aromatic heterocycles. The highest BCUT2D eigenvalue weighted by Gasteiger charge is 2.21. The molecule has 0 saturated carbocycles. The molecular weight excluding hydrogens is 300 g/mol. The first-order chi connectivity index (χ1) is 11.7. The van der Waals surface area contributed by atoms with Crippen LogP contribution in [0.5, 0.6) is 0 Å². The number of carbonyl (C=O) groups excluding carboxylic acids is 1. The summed E-state index contributed by atoms with van der Waals surface area (Å²) in [4.78, 5) is 25.5. The third-order valence-electron chi connectivity index (χ3n) is 4.38. The van der Waals surface area contributed by atoms with Gasteiger partial charge in [0.25, 0.3) is 5.91 Å². The molecule has 5 nitrogen and oxygen atoms in total. The van der Waals surface area contributed by atoms with Crippen molar-refractivity contribution in [1.82, 2.24) is 14.9 Å². The second kappa shape index (κ2) is 7.43. The number of aromatic nitrogens is 2. The molecule has 1 aliphatic heterocycles. The van der Waals surface area contributed by atoms with Crippen molar-refractivity contribution in [3.05, 3.63) is 47.8 Å². The van der Waals surface area contributed by atoms with Gasteiger partial charge >= 0.3 is 0 Å². The topological polar surface area (TPSA) is 49.3 Å². The maximum atomic E-state index is 12.7. The minimum absolute atomic E-state index is 0.0126. The van der Waals surface area contributed by atoms with Crippen LogP contribution >= 0.6 is 0 Å². The lowest BCUT2D eigenvalue weighted by atomic mass is 10.1. The van der Waals surface area contributed by atoms with Crippen LogP contribution in [0.4, 0.5) is 11.6 Å². The zero-order valence-electron chi connectivity index (χ0n) is 14.4. The van der Waals surface area contributed by atoms with Crippen LogP contribution in [0.25, 0.3) is 0 Å². The average Bonchev–Trinajstić information content (AvgIpc) is 2.63. The van der Waals surface area contributed by atoms with Crippen molar-refractivity contribution in [3.63, 3.8) is 0 Å². The summed E-state index contributed by atoms with van der Waals surface area (Å²) < 4.78 is 0. The van der Waals surface area contributed by atoms with Gasteiger partial charge in [-0.05, 0) is 56.9 Å². The summed E-state index contributed by atoms with van der Waals surface area (Å²) in [5, 5.41) is 0. The number of anilines is 2. The standard InChI is InChI=1S/C19H24N4O/c1-3-23(16-9-7-8-15(2)14-16)19-20-11-10-17(21-19)18(24)22-12-5-4-6-13-22/h7-11,14H,3-6,12-13H2,1-2H3. The second-order valence-corrected chi connectivity index (χ2v) is 6.18. The van der Waals surface area contributed by atoms with Gasteiger partial charge in [0.1, 0.15) is 5.69 Å². The molecular formula is C19H24N4O. The number of benzene rings is 1. The van der Waals surface area contributed by atoms with Gasteiger partial charge in [-0.15, -0.1) is 0 Å². The molecule has 0 aliphatic carbocycles. The minimum Gasteiger partial charge on any atom is -0.337 e. The molecule has 24 heavy (non-hydrogen) atoms. The maximum Gasteiger partial charge on any atom is 0.272 e. The Morgan fingerprint density at radius 3 is 2.71 bits per heavy atom. The second-order valence-electron chi connectivity index (χ2n) is 6.18. The number of carbonyl (C=O) groups is 1. The van der Waals surface area contributed by atoms with Crippen LogP contribution in [0.2, 0.25) is 0 Å². The summed E-state index contributed by atoms with van der Waals surface area (Å²) in [6.45, 7) is 6.52. The lowest BCUT2D eigenvalue weighted by molar-refractivity contribution is 0.0718. The predicted octanol–water partition coefficient (Wildman–Crippen LogP) is 3.57. The molecule has 0 spiro atoms.